The van der Waals surface area contributed by atoms with Gasteiger partial charge in [0.1, 0.15) is 0 Å². The van der Waals surface area contributed by atoms with Gasteiger partial charge in [-0.2, -0.15) is 0 Å². The maximum absolute atomic E-state index is 11.6. The standard InChI is InChI=1S/C13H22N4O3/c14-15-13(19)12-11(2-9-20-12)10-17-4-1-3-16(5-6-17)7-8-18/h2,9,18H,1,3-8,10,14H2,(H,15,19). The highest BCUT2D eigenvalue weighted by molar-refractivity contribution is 5.92. The number of nitrogens with zero attached hydrogens (tertiary/aromatic N) is 2. The molecule has 0 spiro atoms. The molecule has 0 radical (unpaired) electrons. The molecule has 7 heteroatoms. The van der Waals surface area contributed by atoms with Gasteiger partial charge in [-0.15, -0.1) is 0 Å². The van der Waals surface area contributed by atoms with E-state index in [-0.39, 0.29) is 12.4 Å². The van der Waals surface area contributed by atoms with Gasteiger partial charge in [0.2, 0.25) is 0 Å². The summed E-state index contributed by atoms with van der Waals surface area (Å²) in [5.41, 5.74) is 2.94. The molecule has 2 rings (SSSR count). The van der Waals surface area contributed by atoms with E-state index in [1.165, 1.54) is 6.26 Å². The van der Waals surface area contributed by atoms with Crippen molar-refractivity contribution in [2.75, 3.05) is 39.3 Å². The minimum absolute atomic E-state index is 0.197. The summed E-state index contributed by atoms with van der Waals surface area (Å²) in [6.45, 7) is 5.40. The van der Waals surface area contributed by atoms with Crippen molar-refractivity contribution in [2.45, 2.75) is 13.0 Å². The number of β-amino-alcohol motifs (C(OH)–C–C–N with tert-alkyl or cyclic N) is 1. The lowest BCUT2D eigenvalue weighted by molar-refractivity contribution is 0.0923. The Morgan fingerprint density at radius 1 is 1.35 bits per heavy atom. The molecule has 7 nitrogen and oxygen atoms in total. The van der Waals surface area contributed by atoms with Crippen LogP contribution in [0.5, 0.6) is 0 Å². The van der Waals surface area contributed by atoms with Crippen LogP contribution in [-0.2, 0) is 6.54 Å². The molecule has 1 amide bonds. The van der Waals surface area contributed by atoms with Crippen molar-refractivity contribution < 1.29 is 14.3 Å². The Kier molecular flexibility index (Phi) is 5.54. The summed E-state index contributed by atoms with van der Waals surface area (Å²) in [7, 11) is 0. The molecule has 0 aliphatic carbocycles. The number of aliphatic hydroxyl groups excluding tert-OH is 1. The Balaban J connectivity index is 1.93. The zero-order valence-corrected chi connectivity index (χ0v) is 11.5. The van der Waals surface area contributed by atoms with Gasteiger partial charge in [0.05, 0.1) is 12.9 Å². The Labute approximate surface area is 118 Å². The molecule has 112 valence electrons. The molecule has 20 heavy (non-hydrogen) atoms. The van der Waals surface area contributed by atoms with Gasteiger partial charge < -0.3 is 9.52 Å². The molecular formula is C13H22N4O3. The largest absolute Gasteiger partial charge is 0.459 e. The first-order chi connectivity index (χ1) is 9.74. The van der Waals surface area contributed by atoms with Crippen molar-refractivity contribution >= 4 is 5.91 Å². The van der Waals surface area contributed by atoms with E-state index in [9.17, 15) is 4.79 Å². The van der Waals surface area contributed by atoms with Crippen molar-refractivity contribution in [3.8, 4) is 0 Å². The molecule has 2 heterocycles. The first kappa shape index (κ1) is 15.0. The van der Waals surface area contributed by atoms with E-state index in [1.54, 1.807) is 6.07 Å². The molecule has 4 N–H and O–H groups in total. The smallest absolute Gasteiger partial charge is 0.301 e. The predicted molar refractivity (Wildman–Crippen MR) is 73.8 cm³/mol. The van der Waals surface area contributed by atoms with Crippen molar-refractivity contribution in [3.63, 3.8) is 0 Å². The zero-order valence-electron chi connectivity index (χ0n) is 11.5. The fourth-order valence-corrected chi connectivity index (χ4v) is 2.51. The molecule has 1 fully saturated rings. The van der Waals surface area contributed by atoms with Crippen molar-refractivity contribution in [1.82, 2.24) is 15.2 Å². The SMILES string of the molecule is NNC(=O)c1occc1CN1CCCN(CCO)CC1. The van der Waals surface area contributed by atoms with Crippen LogP contribution in [0.4, 0.5) is 0 Å². The van der Waals surface area contributed by atoms with Gasteiger partial charge in [0.15, 0.2) is 5.76 Å². The number of nitrogen functional groups attached to an aromatic ring is 1. The van der Waals surface area contributed by atoms with Gasteiger partial charge in [-0.3, -0.25) is 20.0 Å². The number of aliphatic hydroxyl groups is 1. The topological polar surface area (TPSA) is 95.0 Å². The summed E-state index contributed by atoms with van der Waals surface area (Å²) in [4.78, 5) is 16.1. The molecule has 1 saturated heterocycles. The summed E-state index contributed by atoms with van der Waals surface area (Å²) in [5.74, 6) is 5.02. The monoisotopic (exact) mass is 282 g/mol. The molecule has 1 aliphatic rings. The van der Waals surface area contributed by atoms with Crippen molar-refractivity contribution in [2.24, 2.45) is 5.84 Å². The number of nitrogens with one attached hydrogen (secondary N) is 1. The van der Waals surface area contributed by atoms with Crippen LogP contribution in [0.25, 0.3) is 0 Å². The molecule has 0 saturated carbocycles. The van der Waals surface area contributed by atoms with E-state index in [0.29, 0.717) is 6.54 Å². The first-order valence-electron chi connectivity index (χ1n) is 6.87. The van der Waals surface area contributed by atoms with Crippen LogP contribution in [0, 0.1) is 0 Å². The number of rotatable bonds is 5. The molecule has 0 unspecified atom stereocenters. The summed E-state index contributed by atoms with van der Waals surface area (Å²) in [6.07, 6.45) is 2.56. The van der Waals surface area contributed by atoms with Gasteiger partial charge in [-0.25, -0.2) is 5.84 Å². The highest BCUT2D eigenvalue weighted by atomic mass is 16.3. The van der Waals surface area contributed by atoms with E-state index in [2.05, 4.69) is 15.2 Å². The van der Waals surface area contributed by atoms with Crippen molar-refractivity contribution in [1.29, 1.82) is 0 Å². The lowest BCUT2D eigenvalue weighted by atomic mass is 10.2. The summed E-state index contributed by atoms with van der Waals surface area (Å²) >= 11 is 0. The highest BCUT2D eigenvalue weighted by Crippen LogP contribution is 2.14. The van der Waals surface area contributed by atoms with E-state index < -0.39 is 5.91 Å². The number of hydrogen-bond acceptors (Lipinski definition) is 6. The Morgan fingerprint density at radius 2 is 2.10 bits per heavy atom. The number of amides is 1. The quantitative estimate of drug-likeness (QED) is 0.379. The Bertz CT molecular complexity index is 435. The highest BCUT2D eigenvalue weighted by Gasteiger charge is 2.19. The minimum Gasteiger partial charge on any atom is -0.459 e. The van der Waals surface area contributed by atoms with Crippen LogP contribution in [0.3, 0.4) is 0 Å². The number of nitrogens with two attached hydrogens (primary N) is 1. The van der Waals surface area contributed by atoms with Crippen LogP contribution < -0.4 is 11.3 Å². The van der Waals surface area contributed by atoms with Crippen LogP contribution in [0.1, 0.15) is 22.5 Å². The van der Waals surface area contributed by atoms with Gasteiger partial charge in [-0.1, -0.05) is 0 Å². The normalized spacial score (nSPS) is 17.9. The first-order valence-corrected chi connectivity index (χ1v) is 6.87. The second kappa shape index (κ2) is 7.39. The fourth-order valence-electron chi connectivity index (χ4n) is 2.51. The third-order valence-corrected chi connectivity index (χ3v) is 3.58. The van der Waals surface area contributed by atoms with E-state index in [4.69, 9.17) is 15.4 Å². The number of carbonyl (C=O) groups is 1. The van der Waals surface area contributed by atoms with Crippen LogP contribution in [0.2, 0.25) is 0 Å². The van der Waals surface area contributed by atoms with E-state index >= 15 is 0 Å². The third-order valence-electron chi connectivity index (χ3n) is 3.58. The molecule has 0 bridgehead atoms. The van der Waals surface area contributed by atoms with Crippen molar-refractivity contribution in [3.05, 3.63) is 23.7 Å². The van der Waals surface area contributed by atoms with Gasteiger partial charge >= 0.3 is 5.91 Å². The second-order valence-corrected chi connectivity index (χ2v) is 4.94. The molecule has 1 aromatic rings. The lowest BCUT2D eigenvalue weighted by Crippen LogP contribution is -2.33. The average Bonchev–Trinajstić information content (AvgIpc) is 2.80. The molecule has 1 aromatic heterocycles. The summed E-state index contributed by atoms with van der Waals surface area (Å²) in [5, 5.41) is 8.98. The van der Waals surface area contributed by atoms with Gasteiger partial charge in [0.25, 0.3) is 0 Å². The number of carbonyl (C=O) groups excluding carboxylic acids is 1. The van der Waals surface area contributed by atoms with Gasteiger partial charge in [0, 0.05) is 31.7 Å². The summed E-state index contributed by atoms with van der Waals surface area (Å²) in [6, 6.07) is 1.81. The van der Waals surface area contributed by atoms with Gasteiger partial charge in [-0.05, 0) is 25.6 Å². The maximum atomic E-state index is 11.6. The second-order valence-electron chi connectivity index (χ2n) is 4.94. The average molecular weight is 282 g/mol. The van der Waals surface area contributed by atoms with E-state index in [0.717, 1.165) is 44.7 Å². The Morgan fingerprint density at radius 3 is 2.85 bits per heavy atom. The predicted octanol–water partition coefficient (Wildman–Crippen LogP) is -0.617. The maximum Gasteiger partial charge on any atom is 0.301 e. The number of furan rings is 1. The molecular weight excluding hydrogens is 260 g/mol. The molecule has 1 aliphatic heterocycles. The van der Waals surface area contributed by atoms with E-state index in [1.807, 2.05) is 0 Å². The lowest BCUT2D eigenvalue weighted by Gasteiger charge is -2.21. The van der Waals surface area contributed by atoms with Crippen LogP contribution in [0.15, 0.2) is 16.7 Å². The molecule has 0 aromatic carbocycles. The Hall–Kier alpha value is -1.41. The summed E-state index contributed by atoms with van der Waals surface area (Å²) < 4.78 is 5.19. The number of hydrogen-bond donors (Lipinski definition) is 3. The fraction of sp³-hybridized carbons (Fsp3) is 0.615. The zero-order chi connectivity index (χ0) is 14.4. The minimum atomic E-state index is -0.401. The van der Waals surface area contributed by atoms with Crippen LogP contribution >= 0.6 is 0 Å². The number of hydrazine groups is 1. The third kappa shape index (κ3) is 3.80. The molecule has 0 atom stereocenters. The van der Waals surface area contributed by atoms with Crippen LogP contribution in [-0.4, -0.2) is 60.1 Å².